The average Bonchev–Trinajstić information content (AvgIpc) is 2.32. The first-order chi connectivity index (χ1) is 9.27. The summed E-state index contributed by atoms with van der Waals surface area (Å²) in [4.78, 5) is 2.23. The first-order valence-corrected chi connectivity index (χ1v) is 7.40. The summed E-state index contributed by atoms with van der Waals surface area (Å²) in [7, 11) is 2.04. The highest BCUT2D eigenvalue weighted by Gasteiger charge is 2.34. The average molecular weight is 351 g/mol. The van der Waals surface area contributed by atoms with Crippen LogP contribution in [-0.2, 0) is 6.18 Å². The Morgan fingerprint density at radius 1 is 1.35 bits per heavy atom. The van der Waals surface area contributed by atoms with E-state index in [4.69, 9.17) is 0 Å². The summed E-state index contributed by atoms with van der Waals surface area (Å²) in [6.45, 7) is 2.99. The number of nitrogens with zero attached hydrogens (tertiary/aromatic N) is 1. The van der Waals surface area contributed by atoms with E-state index < -0.39 is 11.7 Å². The molecule has 6 heteroatoms. The first-order valence-electron chi connectivity index (χ1n) is 6.61. The molecule has 1 aromatic carbocycles. The minimum atomic E-state index is -4.33. The smallest absolute Gasteiger partial charge is 0.382 e. The fourth-order valence-electron chi connectivity index (χ4n) is 2.52. The van der Waals surface area contributed by atoms with Crippen LogP contribution in [0.5, 0.6) is 0 Å². The zero-order chi connectivity index (χ0) is 14.9. The molecule has 1 aromatic rings. The lowest BCUT2D eigenvalue weighted by atomic mass is 9.98. The molecule has 1 heterocycles. The molecule has 0 spiro atoms. The minimum absolute atomic E-state index is 0.0802. The van der Waals surface area contributed by atoms with Crippen LogP contribution in [0, 0.1) is 0 Å². The monoisotopic (exact) mass is 350 g/mol. The van der Waals surface area contributed by atoms with Gasteiger partial charge in [-0.2, -0.15) is 13.2 Å². The SMILES string of the molecule is CC1CC(Nc2cc(Br)ccc2C(F)(F)F)CCN1C. The molecule has 0 radical (unpaired) electrons. The van der Waals surface area contributed by atoms with E-state index in [1.54, 1.807) is 0 Å². The van der Waals surface area contributed by atoms with Gasteiger partial charge in [0.15, 0.2) is 0 Å². The zero-order valence-corrected chi connectivity index (χ0v) is 13.1. The molecule has 1 N–H and O–H groups in total. The van der Waals surface area contributed by atoms with Crippen molar-refractivity contribution in [2.45, 2.75) is 38.0 Å². The van der Waals surface area contributed by atoms with Crippen LogP contribution < -0.4 is 5.32 Å². The maximum Gasteiger partial charge on any atom is 0.418 e. The lowest BCUT2D eigenvalue weighted by molar-refractivity contribution is -0.137. The summed E-state index contributed by atoms with van der Waals surface area (Å²) in [5, 5.41) is 3.07. The van der Waals surface area contributed by atoms with Crippen LogP contribution in [0.15, 0.2) is 22.7 Å². The highest BCUT2D eigenvalue weighted by atomic mass is 79.9. The Bertz CT molecular complexity index is 476. The van der Waals surface area contributed by atoms with Gasteiger partial charge in [0, 0.05) is 28.8 Å². The maximum absolute atomic E-state index is 13.0. The van der Waals surface area contributed by atoms with Gasteiger partial charge in [-0.1, -0.05) is 15.9 Å². The molecule has 2 rings (SSSR count). The molecule has 1 aliphatic rings. The van der Waals surface area contributed by atoms with Crippen LogP contribution >= 0.6 is 15.9 Å². The number of hydrogen-bond donors (Lipinski definition) is 1. The summed E-state index contributed by atoms with van der Waals surface area (Å²) in [5.41, 5.74) is -0.444. The van der Waals surface area contributed by atoms with E-state index in [1.165, 1.54) is 12.1 Å². The van der Waals surface area contributed by atoms with E-state index >= 15 is 0 Å². The Balaban J connectivity index is 2.18. The fourth-order valence-corrected chi connectivity index (χ4v) is 2.88. The normalized spacial score (nSPS) is 24.7. The van der Waals surface area contributed by atoms with Gasteiger partial charge in [0.05, 0.1) is 5.56 Å². The predicted molar refractivity (Wildman–Crippen MR) is 77.9 cm³/mol. The van der Waals surface area contributed by atoms with Crippen molar-refractivity contribution in [1.29, 1.82) is 0 Å². The molecule has 112 valence electrons. The molecule has 2 unspecified atom stereocenters. The number of piperidine rings is 1. The van der Waals surface area contributed by atoms with E-state index in [1.807, 2.05) is 7.05 Å². The zero-order valence-electron chi connectivity index (χ0n) is 11.5. The molecule has 1 saturated heterocycles. The lowest BCUT2D eigenvalue weighted by Gasteiger charge is -2.36. The summed E-state index contributed by atoms with van der Waals surface area (Å²) in [6, 6.07) is 4.50. The van der Waals surface area contributed by atoms with Crippen LogP contribution in [0.4, 0.5) is 18.9 Å². The number of benzene rings is 1. The standard InChI is InChI=1S/C14H18BrF3N2/c1-9-7-11(5-6-20(9)2)19-13-8-10(15)3-4-12(13)14(16,17)18/h3-4,8-9,11,19H,5-7H2,1-2H3. The number of anilines is 1. The number of likely N-dealkylation sites (tertiary alicyclic amines) is 1. The second-order valence-electron chi connectivity index (χ2n) is 5.38. The van der Waals surface area contributed by atoms with E-state index in [0.717, 1.165) is 25.5 Å². The Morgan fingerprint density at radius 3 is 2.65 bits per heavy atom. The van der Waals surface area contributed by atoms with Crippen LogP contribution in [0.3, 0.4) is 0 Å². The molecule has 0 bridgehead atoms. The Kier molecular flexibility index (Phi) is 4.64. The van der Waals surface area contributed by atoms with Crippen molar-refractivity contribution in [3.63, 3.8) is 0 Å². The van der Waals surface area contributed by atoms with E-state index in [2.05, 4.69) is 33.1 Å². The van der Waals surface area contributed by atoms with Crippen molar-refractivity contribution in [2.75, 3.05) is 18.9 Å². The largest absolute Gasteiger partial charge is 0.418 e. The number of nitrogens with one attached hydrogen (secondary N) is 1. The van der Waals surface area contributed by atoms with Crippen molar-refractivity contribution in [2.24, 2.45) is 0 Å². The van der Waals surface area contributed by atoms with Crippen molar-refractivity contribution in [1.82, 2.24) is 4.90 Å². The van der Waals surface area contributed by atoms with Crippen molar-refractivity contribution < 1.29 is 13.2 Å². The Labute approximate surface area is 125 Å². The molecule has 2 nitrogen and oxygen atoms in total. The fraction of sp³-hybridized carbons (Fsp3) is 0.571. The van der Waals surface area contributed by atoms with Crippen LogP contribution in [-0.4, -0.2) is 30.6 Å². The highest BCUT2D eigenvalue weighted by molar-refractivity contribution is 9.10. The summed E-state index contributed by atoms with van der Waals surface area (Å²) < 4.78 is 39.7. The summed E-state index contributed by atoms with van der Waals surface area (Å²) in [6.07, 6.45) is -2.63. The molecule has 0 saturated carbocycles. The Morgan fingerprint density at radius 2 is 2.05 bits per heavy atom. The number of alkyl halides is 3. The van der Waals surface area contributed by atoms with Gasteiger partial charge in [-0.25, -0.2) is 0 Å². The maximum atomic E-state index is 13.0. The molecule has 2 atom stereocenters. The highest BCUT2D eigenvalue weighted by Crippen LogP contribution is 2.37. The van der Waals surface area contributed by atoms with Crippen LogP contribution in [0.1, 0.15) is 25.3 Å². The van der Waals surface area contributed by atoms with Crippen LogP contribution in [0.2, 0.25) is 0 Å². The molecular formula is C14H18BrF3N2. The number of hydrogen-bond acceptors (Lipinski definition) is 2. The predicted octanol–water partition coefficient (Wildman–Crippen LogP) is 4.36. The lowest BCUT2D eigenvalue weighted by Crippen LogP contribution is -2.42. The third-order valence-corrected chi connectivity index (χ3v) is 4.35. The molecule has 20 heavy (non-hydrogen) atoms. The van der Waals surface area contributed by atoms with Gasteiger partial charge in [0.2, 0.25) is 0 Å². The van der Waals surface area contributed by atoms with Crippen molar-refractivity contribution in [3.8, 4) is 0 Å². The number of halogens is 4. The van der Waals surface area contributed by atoms with Crippen molar-refractivity contribution in [3.05, 3.63) is 28.2 Å². The third-order valence-electron chi connectivity index (χ3n) is 3.85. The van der Waals surface area contributed by atoms with Gasteiger partial charge in [-0.3, -0.25) is 0 Å². The minimum Gasteiger partial charge on any atom is -0.382 e. The van der Waals surface area contributed by atoms with Gasteiger partial charge < -0.3 is 10.2 Å². The molecule has 0 amide bonds. The van der Waals surface area contributed by atoms with Gasteiger partial charge in [-0.15, -0.1) is 0 Å². The second-order valence-corrected chi connectivity index (χ2v) is 6.30. The Hall–Kier alpha value is -0.750. The van der Waals surface area contributed by atoms with Crippen LogP contribution in [0.25, 0.3) is 0 Å². The summed E-state index contributed by atoms with van der Waals surface area (Å²) >= 11 is 3.23. The first kappa shape index (κ1) is 15.6. The van der Waals surface area contributed by atoms with E-state index in [9.17, 15) is 13.2 Å². The molecule has 1 fully saturated rings. The quantitative estimate of drug-likeness (QED) is 0.852. The van der Waals surface area contributed by atoms with Gasteiger partial charge >= 0.3 is 6.18 Å². The van der Waals surface area contributed by atoms with E-state index in [0.29, 0.717) is 10.5 Å². The summed E-state index contributed by atoms with van der Waals surface area (Å²) in [5.74, 6) is 0. The third kappa shape index (κ3) is 3.67. The molecule has 1 aliphatic heterocycles. The van der Waals surface area contributed by atoms with Gasteiger partial charge in [0.25, 0.3) is 0 Å². The van der Waals surface area contributed by atoms with E-state index in [-0.39, 0.29) is 11.7 Å². The topological polar surface area (TPSA) is 15.3 Å². The van der Waals surface area contributed by atoms with Gasteiger partial charge in [0.1, 0.15) is 0 Å². The van der Waals surface area contributed by atoms with Gasteiger partial charge in [-0.05, 0) is 45.0 Å². The molecular weight excluding hydrogens is 333 g/mol. The molecule has 0 aliphatic carbocycles. The number of rotatable bonds is 2. The van der Waals surface area contributed by atoms with Crippen molar-refractivity contribution >= 4 is 21.6 Å². The second kappa shape index (κ2) is 5.93. The molecule has 0 aromatic heterocycles.